The number of thioether (sulfide) groups is 1. The molecule has 0 saturated carbocycles. The Balaban J connectivity index is 1.21. The second-order valence-electron chi connectivity index (χ2n) is 8.21. The van der Waals surface area contributed by atoms with Crippen molar-refractivity contribution in [2.24, 2.45) is 0 Å². The van der Waals surface area contributed by atoms with Crippen molar-refractivity contribution in [2.45, 2.75) is 37.2 Å². The first-order chi connectivity index (χ1) is 16.7. The van der Waals surface area contributed by atoms with Crippen molar-refractivity contribution in [1.82, 2.24) is 15.6 Å². The van der Waals surface area contributed by atoms with Crippen LogP contribution in [0, 0.1) is 0 Å². The molecule has 1 aromatic heterocycles. The van der Waals surface area contributed by atoms with E-state index in [0.717, 1.165) is 41.9 Å². The lowest BCUT2D eigenvalue weighted by atomic mass is 10.1. The number of carbonyl (C=O) groups excluding carboxylic acids is 1. The molecule has 2 heterocycles. The normalized spacial score (nSPS) is 17.3. The van der Waals surface area contributed by atoms with E-state index in [1.165, 1.54) is 5.56 Å². The predicted octanol–water partition coefficient (Wildman–Crippen LogP) is 4.51. The highest BCUT2D eigenvalue weighted by Gasteiger charge is 2.30. The van der Waals surface area contributed by atoms with E-state index in [-0.39, 0.29) is 17.3 Å². The molecule has 178 valence electrons. The zero-order valence-corrected chi connectivity index (χ0v) is 20.2. The fourth-order valence-corrected chi connectivity index (χ4v) is 5.08. The number of nitrogens with zero attached hydrogens (tertiary/aromatic N) is 1. The molecule has 0 radical (unpaired) electrons. The molecule has 0 spiro atoms. The maximum absolute atomic E-state index is 12.7. The average Bonchev–Trinajstić information content (AvgIpc) is 3.39. The van der Waals surface area contributed by atoms with Gasteiger partial charge in [-0.05, 0) is 54.2 Å². The maximum atomic E-state index is 12.7. The van der Waals surface area contributed by atoms with Gasteiger partial charge in [-0.1, -0.05) is 42.5 Å². The van der Waals surface area contributed by atoms with Crippen LogP contribution in [0.15, 0.2) is 73.1 Å². The van der Waals surface area contributed by atoms with E-state index in [4.69, 9.17) is 9.47 Å². The van der Waals surface area contributed by atoms with Gasteiger partial charge in [-0.2, -0.15) is 0 Å². The molecule has 1 amide bonds. The van der Waals surface area contributed by atoms with Gasteiger partial charge < -0.3 is 14.8 Å². The van der Waals surface area contributed by atoms with Gasteiger partial charge in [0, 0.05) is 24.7 Å². The van der Waals surface area contributed by atoms with Crippen LogP contribution in [0.1, 0.15) is 34.9 Å². The number of nitrogens with one attached hydrogen (secondary N) is 2. The number of methoxy groups -OCH3 is 1. The molecule has 1 fully saturated rings. The van der Waals surface area contributed by atoms with Crippen LogP contribution in [0.5, 0.6) is 11.5 Å². The first-order valence-corrected chi connectivity index (χ1v) is 12.7. The summed E-state index contributed by atoms with van der Waals surface area (Å²) in [7, 11) is 1.64. The largest absolute Gasteiger partial charge is 0.493 e. The molecule has 1 aliphatic rings. The van der Waals surface area contributed by atoms with Gasteiger partial charge in [-0.15, -0.1) is 11.8 Å². The third-order valence-corrected chi connectivity index (χ3v) is 7.01. The topological polar surface area (TPSA) is 72.5 Å². The molecule has 2 unspecified atom stereocenters. The number of rotatable bonds is 11. The second kappa shape index (κ2) is 12.4. The van der Waals surface area contributed by atoms with Crippen LogP contribution < -0.4 is 20.1 Å². The van der Waals surface area contributed by atoms with Crippen molar-refractivity contribution >= 4 is 17.7 Å². The third kappa shape index (κ3) is 6.74. The highest BCUT2D eigenvalue weighted by Crippen LogP contribution is 2.32. The van der Waals surface area contributed by atoms with Crippen LogP contribution in [0.25, 0.3) is 0 Å². The molecule has 2 N–H and O–H groups in total. The summed E-state index contributed by atoms with van der Waals surface area (Å²) < 4.78 is 11.5. The molecule has 7 heteroatoms. The summed E-state index contributed by atoms with van der Waals surface area (Å²) in [4.78, 5) is 16.8. The lowest BCUT2D eigenvalue weighted by Gasteiger charge is -2.15. The van der Waals surface area contributed by atoms with Crippen molar-refractivity contribution in [3.63, 3.8) is 0 Å². The lowest BCUT2D eigenvalue weighted by molar-refractivity contribution is -0.122. The Morgan fingerprint density at radius 1 is 1.09 bits per heavy atom. The number of unbranched alkanes of at least 4 members (excludes halogenated alkanes) is 1. The summed E-state index contributed by atoms with van der Waals surface area (Å²) in [5, 5.41) is 6.51. The molecular formula is C27H31N3O3S. The minimum Gasteiger partial charge on any atom is -0.493 e. The molecule has 0 aliphatic carbocycles. The van der Waals surface area contributed by atoms with Crippen LogP contribution in [0.2, 0.25) is 0 Å². The highest BCUT2D eigenvalue weighted by molar-refractivity contribution is 7.99. The van der Waals surface area contributed by atoms with Crippen molar-refractivity contribution < 1.29 is 14.3 Å². The lowest BCUT2D eigenvalue weighted by Crippen LogP contribution is -2.42. The molecule has 34 heavy (non-hydrogen) atoms. The number of carbonyl (C=O) groups is 1. The van der Waals surface area contributed by atoms with Crippen LogP contribution >= 0.6 is 11.8 Å². The Morgan fingerprint density at radius 3 is 2.76 bits per heavy atom. The van der Waals surface area contributed by atoms with Gasteiger partial charge in [0.2, 0.25) is 5.91 Å². The number of hydrogen-bond donors (Lipinski definition) is 2. The Labute approximate surface area is 205 Å². The van der Waals surface area contributed by atoms with Gasteiger partial charge >= 0.3 is 0 Å². The predicted molar refractivity (Wildman–Crippen MR) is 136 cm³/mol. The Bertz CT molecular complexity index is 1050. The molecule has 3 aromatic rings. The Hall–Kier alpha value is -3.03. The van der Waals surface area contributed by atoms with E-state index >= 15 is 0 Å². The molecule has 2 aromatic carbocycles. The molecule has 6 nitrogen and oxygen atoms in total. The Morgan fingerprint density at radius 2 is 1.97 bits per heavy atom. The third-order valence-electron chi connectivity index (χ3n) is 5.74. The number of aryl methyl sites for hydroxylation is 1. The summed E-state index contributed by atoms with van der Waals surface area (Å²) in [6.45, 7) is 1.08. The van der Waals surface area contributed by atoms with Gasteiger partial charge in [-0.25, -0.2) is 0 Å². The van der Waals surface area contributed by atoms with Crippen molar-refractivity contribution in [3.8, 4) is 11.5 Å². The summed E-state index contributed by atoms with van der Waals surface area (Å²) in [5.74, 6) is 2.13. The molecule has 4 rings (SSSR count). The van der Waals surface area contributed by atoms with Gasteiger partial charge in [0.15, 0.2) is 11.5 Å². The van der Waals surface area contributed by atoms with Gasteiger partial charge in [0.05, 0.1) is 25.1 Å². The molecule has 1 aliphatic heterocycles. The fraction of sp³-hybridized carbons (Fsp3) is 0.333. The SMILES string of the molecule is COc1cc(CNC(=O)C2CSC(c3cccnc3)N2)ccc1OCCCCc1ccccc1. The number of ether oxygens (including phenoxy) is 2. The standard InChI is InChI=1S/C27H31N3O3S/c1-32-25-16-21(12-13-24(25)33-15-6-5-10-20-8-3-2-4-9-20)17-29-26(31)23-19-34-27(30-23)22-11-7-14-28-18-22/h2-4,7-9,11-14,16,18,23,27,30H,5-6,10,15,17,19H2,1H3,(H,29,31). The van der Waals surface area contributed by atoms with Crippen molar-refractivity contribution in [1.29, 1.82) is 0 Å². The van der Waals surface area contributed by atoms with Crippen LogP contribution in [0.4, 0.5) is 0 Å². The van der Waals surface area contributed by atoms with Crippen LogP contribution in [-0.4, -0.2) is 36.4 Å². The zero-order chi connectivity index (χ0) is 23.6. The van der Waals surface area contributed by atoms with E-state index in [9.17, 15) is 4.79 Å². The molecular weight excluding hydrogens is 446 g/mol. The summed E-state index contributed by atoms with van der Waals surface area (Å²) in [6, 6.07) is 20.0. The van der Waals surface area contributed by atoms with Crippen molar-refractivity contribution in [3.05, 3.63) is 89.7 Å². The van der Waals surface area contributed by atoms with Gasteiger partial charge in [-0.3, -0.25) is 15.1 Å². The zero-order valence-electron chi connectivity index (χ0n) is 19.4. The molecule has 0 bridgehead atoms. The summed E-state index contributed by atoms with van der Waals surface area (Å²) in [6.07, 6.45) is 6.69. The first-order valence-electron chi connectivity index (χ1n) is 11.6. The summed E-state index contributed by atoms with van der Waals surface area (Å²) >= 11 is 1.72. The van der Waals surface area contributed by atoms with E-state index in [1.807, 2.05) is 42.6 Å². The van der Waals surface area contributed by atoms with Crippen molar-refractivity contribution in [2.75, 3.05) is 19.5 Å². The summed E-state index contributed by atoms with van der Waals surface area (Å²) in [5.41, 5.74) is 3.41. The maximum Gasteiger partial charge on any atom is 0.238 e. The molecule has 2 atom stereocenters. The van der Waals surface area contributed by atoms with E-state index in [0.29, 0.717) is 18.9 Å². The van der Waals surface area contributed by atoms with Gasteiger partial charge in [0.25, 0.3) is 0 Å². The quantitative estimate of drug-likeness (QED) is 0.396. The molecule has 1 saturated heterocycles. The van der Waals surface area contributed by atoms with E-state index < -0.39 is 0 Å². The van der Waals surface area contributed by atoms with Crippen LogP contribution in [-0.2, 0) is 17.8 Å². The highest BCUT2D eigenvalue weighted by atomic mass is 32.2. The minimum absolute atomic E-state index is 0.00315. The number of amides is 1. The van der Waals surface area contributed by atoms with Gasteiger partial charge in [0.1, 0.15) is 0 Å². The number of pyridine rings is 1. The average molecular weight is 478 g/mol. The second-order valence-corrected chi connectivity index (χ2v) is 9.35. The fourth-order valence-electron chi connectivity index (χ4n) is 3.86. The minimum atomic E-state index is -0.226. The smallest absolute Gasteiger partial charge is 0.238 e. The van der Waals surface area contributed by atoms with E-state index in [2.05, 4.69) is 39.9 Å². The first kappa shape index (κ1) is 24.1. The van der Waals surface area contributed by atoms with Crippen LogP contribution in [0.3, 0.4) is 0 Å². The number of hydrogen-bond acceptors (Lipinski definition) is 6. The number of aromatic nitrogens is 1. The Kier molecular flexibility index (Phi) is 8.82. The number of benzene rings is 2. The van der Waals surface area contributed by atoms with E-state index in [1.54, 1.807) is 25.1 Å². The monoisotopic (exact) mass is 477 g/mol.